The summed E-state index contributed by atoms with van der Waals surface area (Å²) in [5.41, 5.74) is 2.20. The molecule has 5 nitrogen and oxygen atoms in total. The molecule has 1 aromatic carbocycles. The lowest BCUT2D eigenvalue weighted by atomic mass is 10.2. The van der Waals surface area contributed by atoms with Gasteiger partial charge in [0, 0.05) is 17.8 Å². The number of para-hydroxylation sites is 1. The number of nitrogens with zero attached hydrogens (tertiary/aromatic N) is 2. The smallest absolute Gasteiger partial charge is 0.233 e. The van der Waals surface area contributed by atoms with Crippen LogP contribution in [0.25, 0.3) is 0 Å². The van der Waals surface area contributed by atoms with Crippen LogP contribution in [0, 0.1) is 0 Å². The number of sulfone groups is 1. The number of rotatable bonds is 4. The van der Waals surface area contributed by atoms with E-state index in [-0.39, 0.29) is 29.5 Å². The number of amides is 1. The summed E-state index contributed by atoms with van der Waals surface area (Å²) >= 11 is 3.14. The summed E-state index contributed by atoms with van der Waals surface area (Å²) in [5, 5.41) is 0. The lowest BCUT2D eigenvalue weighted by molar-refractivity contribution is -0.130. The molecule has 2 aliphatic heterocycles. The van der Waals surface area contributed by atoms with E-state index in [2.05, 4.69) is 11.1 Å². The Morgan fingerprint density at radius 3 is 2.76 bits per heavy atom. The first kappa shape index (κ1) is 17.4. The molecule has 8 heteroatoms. The van der Waals surface area contributed by atoms with Crippen molar-refractivity contribution in [3.63, 3.8) is 0 Å². The Labute approximate surface area is 156 Å². The summed E-state index contributed by atoms with van der Waals surface area (Å²) in [6, 6.07) is 8.17. The number of benzene rings is 1. The van der Waals surface area contributed by atoms with Crippen molar-refractivity contribution >= 4 is 49.3 Å². The van der Waals surface area contributed by atoms with Crippen LogP contribution in [-0.2, 0) is 20.4 Å². The molecule has 1 aromatic rings. The molecular weight excluding hydrogens is 376 g/mol. The molecule has 2 fully saturated rings. The van der Waals surface area contributed by atoms with Crippen LogP contribution in [0.3, 0.4) is 0 Å². The average Bonchev–Trinajstić information content (AvgIpc) is 3.36. The van der Waals surface area contributed by atoms with Gasteiger partial charge in [-0.15, -0.1) is 0 Å². The van der Waals surface area contributed by atoms with Crippen LogP contribution in [0.1, 0.15) is 24.8 Å². The molecule has 134 valence electrons. The molecule has 0 spiro atoms. The van der Waals surface area contributed by atoms with Gasteiger partial charge in [-0.1, -0.05) is 41.7 Å². The summed E-state index contributed by atoms with van der Waals surface area (Å²) in [4.78, 5) is 19.3. The highest BCUT2D eigenvalue weighted by molar-refractivity contribution is 8.38. The zero-order valence-corrected chi connectivity index (χ0v) is 16.2. The van der Waals surface area contributed by atoms with Crippen LogP contribution < -0.4 is 0 Å². The zero-order chi connectivity index (χ0) is 17.4. The molecule has 1 aliphatic carbocycles. The largest absolute Gasteiger partial charge is 0.335 e. The van der Waals surface area contributed by atoms with Crippen LogP contribution in [0.2, 0.25) is 0 Å². The van der Waals surface area contributed by atoms with E-state index in [0.29, 0.717) is 12.2 Å². The standard InChI is InChI=1S/C17H20N2O3S3/c20-16(19(13-5-6-13)14-7-8-25(21,22)11-14)10-24-17-18-15-4-2-1-3-12(15)9-23-17/h1-4,13-14H,5-11H2/t14-/m1/s1. The minimum Gasteiger partial charge on any atom is -0.335 e. The van der Waals surface area contributed by atoms with Crippen LogP contribution in [0.4, 0.5) is 5.69 Å². The summed E-state index contributed by atoms with van der Waals surface area (Å²) in [5.74, 6) is 1.60. The predicted molar refractivity (Wildman–Crippen MR) is 104 cm³/mol. The quantitative estimate of drug-likeness (QED) is 0.783. The Morgan fingerprint density at radius 1 is 1.24 bits per heavy atom. The summed E-state index contributed by atoms with van der Waals surface area (Å²) < 4.78 is 24.5. The van der Waals surface area contributed by atoms with Gasteiger partial charge in [0.2, 0.25) is 5.91 Å². The van der Waals surface area contributed by atoms with Gasteiger partial charge in [-0.25, -0.2) is 13.4 Å². The normalized spacial score (nSPS) is 24.5. The second-order valence-electron chi connectivity index (χ2n) is 6.67. The molecule has 1 saturated carbocycles. The molecule has 4 rings (SSSR count). The van der Waals surface area contributed by atoms with E-state index in [9.17, 15) is 13.2 Å². The Morgan fingerprint density at radius 2 is 2.04 bits per heavy atom. The highest BCUT2D eigenvalue weighted by atomic mass is 32.2. The van der Waals surface area contributed by atoms with Crippen LogP contribution >= 0.6 is 23.5 Å². The van der Waals surface area contributed by atoms with E-state index in [0.717, 1.165) is 28.7 Å². The van der Waals surface area contributed by atoms with Crippen molar-refractivity contribution in [2.45, 2.75) is 37.1 Å². The number of thioether (sulfide) groups is 2. The number of fused-ring (bicyclic) bond motifs is 1. The number of hydrogen-bond donors (Lipinski definition) is 0. The second-order valence-corrected chi connectivity index (χ2v) is 11.1. The van der Waals surface area contributed by atoms with E-state index >= 15 is 0 Å². The molecule has 3 aliphatic rings. The van der Waals surface area contributed by atoms with Gasteiger partial charge in [0.15, 0.2) is 9.84 Å². The molecule has 1 amide bonds. The van der Waals surface area contributed by atoms with Crippen molar-refractivity contribution in [3.05, 3.63) is 29.8 Å². The summed E-state index contributed by atoms with van der Waals surface area (Å²) in [6.45, 7) is 0. The van der Waals surface area contributed by atoms with Crippen molar-refractivity contribution in [1.29, 1.82) is 0 Å². The third-order valence-corrected chi connectivity index (χ3v) is 8.68. The van der Waals surface area contributed by atoms with Gasteiger partial charge < -0.3 is 4.90 Å². The van der Waals surface area contributed by atoms with Crippen molar-refractivity contribution in [2.75, 3.05) is 17.3 Å². The molecule has 2 heterocycles. The van der Waals surface area contributed by atoms with Crippen LogP contribution in [0.15, 0.2) is 29.3 Å². The molecule has 0 unspecified atom stereocenters. The van der Waals surface area contributed by atoms with Gasteiger partial charge in [0.1, 0.15) is 4.38 Å². The zero-order valence-electron chi connectivity index (χ0n) is 13.8. The van der Waals surface area contributed by atoms with Crippen LogP contribution in [0.5, 0.6) is 0 Å². The number of aliphatic imine (C=N–C) groups is 1. The van der Waals surface area contributed by atoms with Gasteiger partial charge >= 0.3 is 0 Å². The highest BCUT2D eigenvalue weighted by Crippen LogP contribution is 2.36. The fraction of sp³-hybridized carbons (Fsp3) is 0.529. The SMILES string of the molecule is O=C(CSC1=Nc2ccccc2CS1)N(C1CC1)[C@@H]1CCS(=O)(=O)C1. The van der Waals surface area contributed by atoms with Crippen molar-refractivity contribution in [3.8, 4) is 0 Å². The van der Waals surface area contributed by atoms with E-state index < -0.39 is 9.84 Å². The molecule has 0 N–H and O–H groups in total. The average molecular weight is 397 g/mol. The minimum atomic E-state index is -2.98. The summed E-state index contributed by atoms with van der Waals surface area (Å²) in [7, 11) is -2.98. The molecular formula is C17H20N2O3S3. The first-order valence-electron chi connectivity index (χ1n) is 8.46. The van der Waals surface area contributed by atoms with E-state index in [1.807, 2.05) is 23.1 Å². The monoisotopic (exact) mass is 396 g/mol. The van der Waals surface area contributed by atoms with Gasteiger partial charge in [0.25, 0.3) is 0 Å². The second kappa shape index (κ2) is 6.96. The van der Waals surface area contributed by atoms with Crippen molar-refractivity contribution < 1.29 is 13.2 Å². The topological polar surface area (TPSA) is 66.8 Å². The van der Waals surface area contributed by atoms with Gasteiger partial charge in [-0.05, 0) is 30.9 Å². The fourth-order valence-electron chi connectivity index (χ4n) is 3.34. The maximum atomic E-state index is 12.8. The number of hydrogen-bond acceptors (Lipinski definition) is 6. The minimum absolute atomic E-state index is 0.0526. The molecule has 25 heavy (non-hydrogen) atoms. The fourth-order valence-corrected chi connectivity index (χ4v) is 6.98. The molecule has 0 radical (unpaired) electrons. The van der Waals surface area contributed by atoms with Crippen LogP contribution in [-0.4, -0.2) is 52.9 Å². The Bertz CT molecular complexity index is 818. The Balaban J connectivity index is 1.40. The van der Waals surface area contributed by atoms with Crippen molar-refractivity contribution in [2.24, 2.45) is 4.99 Å². The lowest BCUT2D eigenvalue weighted by Crippen LogP contribution is -2.43. The molecule has 0 aromatic heterocycles. The van der Waals surface area contributed by atoms with Crippen molar-refractivity contribution in [1.82, 2.24) is 4.90 Å². The Hall–Kier alpha value is -0.990. The summed E-state index contributed by atoms with van der Waals surface area (Å²) in [6.07, 6.45) is 2.57. The van der Waals surface area contributed by atoms with Gasteiger partial charge in [-0.2, -0.15) is 0 Å². The number of carbonyl (C=O) groups is 1. The highest BCUT2D eigenvalue weighted by Gasteiger charge is 2.41. The third-order valence-electron chi connectivity index (χ3n) is 4.70. The van der Waals surface area contributed by atoms with E-state index in [1.165, 1.54) is 17.3 Å². The lowest BCUT2D eigenvalue weighted by Gasteiger charge is -2.28. The predicted octanol–water partition coefficient (Wildman–Crippen LogP) is 2.83. The van der Waals surface area contributed by atoms with Gasteiger partial charge in [-0.3, -0.25) is 4.79 Å². The molecule has 0 bridgehead atoms. The maximum Gasteiger partial charge on any atom is 0.233 e. The first-order valence-corrected chi connectivity index (χ1v) is 12.2. The van der Waals surface area contributed by atoms with E-state index in [4.69, 9.17) is 0 Å². The van der Waals surface area contributed by atoms with Gasteiger partial charge in [0.05, 0.1) is 22.9 Å². The first-order chi connectivity index (χ1) is 12.0. The van der Waals surface area contributed by atoms with E-state index in [1.54, 1.807) is 11.8 Å². The maximum absolute atomic E-state index is 12.8. The molecule has 1 saturated heterocycles. The third kappa shape index (κ3) is 4.06. The number of carbonyl (C=O) groups excluding carboxylic acids is 1. The molecule has 1 atom stereocenters. The Kier molecular flexibility index (Phi) is 4.85.